The van der Waals surface area contributed by atoms with Crippen molar-refractivity contribution in [2.24, 2.45) is 5.92 Å². The molecular weight excluding hydrogens is 256 g/mol. The highest BCUT2D eigenvalue weighted by Crippen LogP contribution is 2.39. The van der Waals surface area contributed by atoms with Crippen LogP contribution in [0.2, 0.25) is 0 Å². The predicted octanol–water partition coefficient (Wildman–Crippen LogP) is -0.740. The highest BCUT2D eigenvalue weighted by molar-refractivity contribution is 7.88. The van der Waals surface area contributed by atoms with Crippen molar-refractivity contribution in [2.45, 2.75) is 38.0 Å². The van der Waals surface area contributed by atoms with Gasteiger partial charge in [0.2, 0.25) is 10.0 Å². The molecule has 2 N–H and O–H groups in total. The van der Waals surface area contributed by atoms with Gasteiger partial charge in [-0.1, -0.05) is 0 Å². The molecule has 0 aromatic heterocycles. The second-order valence-electron chi connectivity index (χ2n) is 5.56. The molecule has 2 saturated heterocycles. The number of Topliss-reactive ketones (excluding diaryl/α,β-unsaturated/α-hetero) is 1. The van der Waals surface area contributed by atoms with Gasteiger partial charge in [0.05, 0.1) is 24.0 Å². The molecule has 0 aromatic carbocycles. The van der Waals surface area contributed by atoms with E-state index in [1.165, 1.54) is 0 Å². The number of ether oxygens (including phenoxy) is 1. The van der Waals surface area contributed by atoms with Crippen LogP contribution in [0.15, 0.2) is 0 Å². The lowest BCUT2D eigenvalue weighted by Crippen LogP contribution is -2.43. The zero-order valence-corrected chi connectivity index (χ0v) is 11.7. The fourth-order valence-electron chi connectivity index (χ4n) is 2.89. The number of nitrogens with one attached hydrogen (secondary N) is 2. The Kier molecular flexibility index (Phi) is 3.52. The van der Waals surface area contributed by atoms with Crippen molar-refractivity contribution in [3.8, 4) is 0 Å². The van der Waals surface area contributed by atoms with E-state index in [-0.39, 0.29) is 30.4 Å². The smallest absolute Gasteiger partial charge is 0.208 e. The summed E-state index contributed by atoms with van der Waals surface area (Å²) in [6, 6.07) is -0.157. The summed E-state index contributed by atoms with van der Waals surface area (Å²) >= 11 is 0. The Balaban J connectivity index is 2.01. The summed E-state index contributed by atoms with van der Waals surface area (Å²) in [5, 5.41) is 3.15. The van der Waals surface area contributed by atoms with E-state index in [1.54, 1.807) is 6.92 Å². The number of hydrogen-bond acceptors (Lipinski definition) is 5. The normalized spacial score (nSPS) is 39.8. The fourth-order valence-corrected chi connectivity index (χ4v) is 3.46. The third-order valence-corrected chi connectivity index (χ3v) is 4.36. The van der Waals surface area contributed by atoms with Crippen LogP contribution in [-0.4, -0.2) is 51.3 Å². The molecule has 0 bridgehead atoms. The van der Waals surface area contributed by atoms with Gasteiger partial charge in [-0.25, -0.2) is 13.1 Å². The van der Waals surface area contributed by atoms with Gasteiger partial charge in [0, 0.05) is 19.0 Å². The maximum absolute atomic E-state index is 11.5. The molecule has 2 fully saturated rings. The minimum atomic E-state index is -3.22. The van der Waals surface area contributed by atoms with Crippen LogP contribution in [0.3, 0.4) is 0 Å². The molecule has 3 unspecified atom stereocenters. The van der Waals surface area contributed by atoms with Crippen molar-refractivity contribution in [1.29, 1.82) is 0 Å². The molecule has 18 heavy (non-hydrogen) atoms. The first kappa shape index (κ1) is 13.9. The lowest BCUT2D eigenvalue weighted by Gasteiger charge is -2.25. The van der Waals surface area contributed by atoms with Crippen LogP contribution in [-0.2, 0) is 19.6 Å². The number of ketones is 1. The highest BCUT2D eigenvalue weighted by atomic mass is 32.2. The van der Waals surface area contributed by atoms with Crippen LogP contribution in [0, 0.1) is 5.92 Å². The van der Waals surface area contributed by atoms with Gasteiger partial charge in [0.1, 0.15) is 5.78 Å². The van der Waals surface area contributed by atoms with E-state index in [0.29, 0.717) is 13.0 Å². The molecule has 0 saturated carbocycles. The third-order valence-electron chi connectivity index (χ3n) is 3.69. The van der Waals surface area contributed by atoms with Crippen molar-refractivity contribution >= 4 is 15.8 Å². The largest absolute Gasteiger partial charge is 0.369 e. The zero-order chi connectivity index (χ0) is 13.6. The van der Waals surface area contributed by atoms with E-state index in [0.717, 1.165) is 6.26 Å². The van der Waals surface area contributed by atoms with Crippen LogP contribution >= 0.6 is 0 Å². The molecule has 2 aliphatic rings. The van der Waals surface area contributed by atoms with Gasteiger partial charge in [-0.05, 0) is 20.3 Å². The summed E-state index contributed by atoms with van der Waals surface area (Å²) in [5.74, 6) is 0.264. The van der Waals surface area contributed by atoms with E-state index < -0.39 is 15.6 Å². The van der Waals surface area contributed by atoms with Crippen molar-refractivity contribution in [1.82, 2.24) is 10.0 Å². The number of carbonyl (C=O) groups excluding carboxylic acids is 1. The van der Waals surface area contributed by atoms with E-state index in [1.807, 2.05) is 6.92 Å². The van der Waals surface area contributed by atoms with Gasteiger partial charge >= 0.3 is 0 Å². The van der Waals surface area contributed by atoms with Crippen LogP contribution in [0.5, 0.6) is 0 Å². The minimum Gasteiger partial charge on any atom is -0.369 e. The van der Waals surface area contributed by atoms with E-state index in [2.05, 4.69) is 10.0 Å². The van der Waals surface area contributed by atoms with Gasteiger partial charge < -0.3 is 10.1 Å². The van der Waals surface area contributed by atoms with Gasteiger partial charge in [0.15, 0.2) is 0 Å². The molecule has 0 amide bonds. The highest BCUT2D eigenvalue weighted by Gasteiger charge is 2.50. The topological polar surface area (TPSA) is 84.5 Å². The second kappa shape index (κ2) is 4.56. The van der Waals surface area contributed by atoms with Gasteiger partial charge in [-0.15, -0.1) is 0 Å². The fraction of sp³-hybridized carbons (Fsp3) is 0.909. The van der Waals surface area contributed by atoms with Gasteiger partial charge in [0.25, 0.3) is 0 Å². The molecule has 6 nitrogen and oxygen atoms in total. The van der Waals surface area contributed by atoms with E-state index >= 15 is 0 Å². The average molecular weight is 276 g/mol. The van der Waals surface area contributed by atoms with Crippen molar-refractivity contribution in [3.63, 3.8) is 0 Å². The van der Waals surface area contributed by atoms with Crippen LogP contribution in [0.4, 0.5) is 0 Å². The Hall–Kier alpha value is -0.500. The number of sulfonamides is 1. The summed E-state index contributed by atoms with van der Waals surface area (Å²) in [5.41, 5.74) is -0.520. The molecular formula is C11H20N2O4S. The maximum Gasteiger partial charge on any atom is 0.208 e. The van der Waals surface area contributed by atoms with Crippen molar-refractivity contribution in [2.75, 3.05) is 19.3 Å². The standard InChI is InChI=1S/C11H20N2O4S/c1-7(14)10-8-4-11(2,6-13-18(3,15)16)17-9(8)5-12-10/h8-10,12-13H,4-6H2,1-3H3/t8?,9?,10-,11?/m1/s1. The van der Waals surface area contributed by atoms with Crippen molar-refractivity contribution in [3.05, 3.63) is 0 Å². The molecule has 2 heterocycles. The number of fused-ring (bicyclic) bond motifs is 1. The van der Waals surface area contributed by atoms with Crippen LogP contribution in [0.25, 0.3) is 0 Å². The average Bonchev–Trinajstić information content (AvgIpc) is 2.70. The Labute approximate surface area is 108 Å². The Morgan fingerprint density at radius 3 is 2.78 bits per heavy atom. The first-order chi connectivity index (χ1) is 8.20. The quantitative estimate of drug-likeness (QED) is 0.706. The molecule has 4 atom stereocenters. The summed E-state index contributed by atoms with van der Waals surface area (Å²) in [6.07, 6.45) is 1.83. The molecule has 2 aliphatic heterocycles. The van der Waals surface area contributed by atoms with Gasteiger partial charge in [-0.2, -0.15) is 0 Å². The third kappa shape index (κ3) is 2.90. The first-order valence-corrected chi connectivity index (χ1v) is 7.96. The number of rotatable bonds is 4. The monoisotopic (exact) mass is 276 g/mol. The molecule has 0 radical (unpaired) electrons. The Morgan fingerprint density at radius 1 is 1.56 bits per heavy atom. The first-order valence-electron chi connectivity index (χ1n) is 6.06. The van der Waals surface area contributed by atoms with Gasteiger partial charge in [-0.3, -0.25) is 4.79 Å². The molecule has 2 rings (SSSR count). The number of carbonyl (C=O) groups is 1. The Bertz CT molecular complexity index is 450. The van der Waals surface area contributed by atoms with Crippen LogP contribution < -0.4 is 10.0 Å². The zero-order valence-electron chi connectivity index (χ0n) is 10.9. The summed E-state index contributed by atoms with van der Waals surface area (Å²) in [4.78, 5) is 11.5. The summed E-state index contributed by atoms with van der Waals surface area (Å²) in [7, 11) is -3.22. The minimum absolute atomic E-state index is 0.00487. The molecule has 0 aromatic rings. The van der Waals surface area contributed by atoms with Crippen LogP contribution in [0.1, 0.15) is 20.3 Å². The SMILES string of the molecule is CC(=O)[C@H]1NCC2OC(C)(CNS(C)(=O)=O)CC21. The lowest BCUT2D eigenvalue weighted by molar-refractivity contribution is -0.119. The summed E-state index contributed by atoms with van der Waals surface area (Å²) < 4.78 is 30.6. The molecule has 7 heteroatoms. The van der Waals surface area contributed by atoms with Crippen molar-refractivity contribution < 1.29 is 17.9 Å². The van der Waals surface area contributed by atoms with E-state index in [4.69, 9.17) is 4.74 Å². The molecule has 104 valence electrons. The predicted molar refractivity (Wildman–Crippen MR) is 66.7 cm³/mol. The summed E-state index contributed by atoms with van der Waals surface area (Å²) in [6.45, 7) is 4.37. The molecule has 0 aliphatic carbocycles. The maximum atomic E-state index is 11.5. The second-order valence-corrected chi connectivity index (χ2v) is 7.40. The van der Waals surface area contributed by atoms with E-state index in [9.17, 15) is 13.2 Å². The number of hydrogen-bond donors (Lipinski definition) is 2. The Morgan fingerprint density at radius 2 is 2.22 bits per heavy atom. The molecule has 0 spiro atoms. The lowest BCUT2D eigenvalue weighted by atomic mass is 9.88.